The third-order valence-corrected chi connectivity index (χ3v) is 12.9. The Hall–Kier alpha value is -1.94. The summed E-state index contributed by atoms with van der Waals surface area (Å²) in [6.07, 6.45) is -17.6. The molecule has 0 aromatic carbocycles. The zero-order valence-corrected chi connectivity index (χ0v) is 43.0. The Morgan fingerprint density at radius 3 is 1.60 bits per heavy atom. The first-order valence-corrected chi connectivity index (χ1v) is 26.5. The van der Waals surface area contributed by atoms with E-state index in [0.29, 0.717) is 19.4 Å². The molecule has 1 amide bonds. The van der Waals surface area contributed by atoms with Crippen LogP contribution in [-0.2, 0) is 42.7 Å². The van der Waals surface area contributed by atoms with E-state index in [1.165, 1.54) is 0 Å². The van der Waals surface area contributed by atoms with Crippen LogP contribution in [0.1, 0.15) is 71.6 Å². The molecule has 3 fully saturated rings. The highest BCUT2D eigenvalue weighted by Gasteiger charge is 2.52. The number of unbranched alkanes of at least 4 members (excludes halogenated alkanes) is 3. The van der Waals surface area contributed by atoms with Gasteiger partial charge in [-0.05, 0) is 90.6 Å². The Morgan fingerprint density at radius 1 is 0.507 bits per heavy atom. The Labute approximate surface area is 429 Å². The summed E-state index contributed by atoms with van der Waals surface area (Å²) in [5.74, 6) is -0.0777. The molecule has 3 saturated heterocycles. The van der Waals surface area contributed by atoms with Gasteiger partial charge in [-0.1, -0.05) is 13.3 Å². The second-order valence-corrected chi connectivity index (χ2v) is 18.6. The predicted octanol–water partition coefficient (Wildman–Crippen LogP) is -6.18. The molecule has 0 aromatic rings. The van der Waals surface area contributed by atoms with Crippen LogP contribution in [0.15, 0.2) is 0 Å². The molecular formula is C47H93N7O19. The largest absolute Gasteiger partial charge is 0.466 e. The smallest absolute Gasteiger partial charge is 0.305 e. The minimum Gasteiger partial charge on any atom is -0.466 e. The minimum absolute atomic E-state index is 0.00349. The Morgan fingerprint density at radius 2 is 1.03 bits per heavy atom. The topological polar surface area (TPSA) is 385 Å². The second kappa shape index (κ2) is 38.6. The molecule has 0 radical (unpaired) electrons. The maximum atomic E-state index is 12.9. The molecule has 73 heavy (non-hydrogen) atoms. The molecule has 0 aliphatic carbocycles. The van der Waals surface area contributed by atoms with E-state index in [9.17, 15) is 60.7 Å². The van der Waals surface area contributed by atoms with Crippen molar-refractivity contribution in [3.8, 4) is 0 Å². The lowest BCUT2D eigenvalue weighted by atomic mass is 9.96. The lowest BCUT2D eigenvalue weighted by molar-refractivity contribution is -0.366. The average molecular weight is 1060 g/mol. The van der Waals surface area contributed by atoms with Crippen LogP contribution in [0, 0.1) is 5.92 Å². The molecule has 16 atom stereocenters. The highest BCUT2D eigenvalue weighted by molar-refractivity contribution is 5.75. The summed E-state index contributed by atoms with van der Waals surface area (Å²) in [6.45, 7) is 12.7. The monoisotopic (exact) mass is 1060 g/mol. The van der Waals surface area contributed by atoms with Gasteiger partial charge in [0.2, 0.25) is 5.91 Å². The van der Waals surface area contributed by atoms with Crippen LogP contribution in [0.3, 0.4) is 0 Å². The fraction of sp³-hybridized carbons (Fsp3) is 0.957. The fourth-order valence-electron chi connectivity index (χ4n) is 8.44. The van der Waals surface area contributed by atoms with Gasteiger partial charge in [-0.25, -0.2) is 0 Å². The first kappa shape index (κ1) is 65.3. The standard InChI is InChI=1S/C47H93N7O19/c1-3-48-26-30(13-17-49-15-8-9-16-51-19-21-53-23-22-52-20-18-50-14-7-5-6-10-35(58)67-4-2)11-12-34(57)54-24-25-68-46-43(66)44(73-47-42(65)40(63)37(60)32(28-56)71-47)38(61)33(72-46)29-69-45-41(64)39(62)36(59)31(27-55)70-45/h30-33,36-53,55-56,59-66H,3-29H2,1-2H3,(H,54,57)/t30?,31-,32-,33-,36-,37-,38-,39+,40+,41+,42+,43+,44+,45+,46+,47-/m1/s1. The molecule has 0 spiro atoms. The Kier molecular flexibility index (Phi) is 34.5. The molecule has 430 valence electrons. The van der Waals surface area contributed by atoms with Gasteiger partial charge in [0.15, 0.2) is 18.9 Å². The highest BCUT2D eigenvalue weighted by atomic mass is 16.7. The summed E-state index contributed by atoms with van der Waals surface area (Å²) in [5.41, 5.74) is 0. The third kappa shape index (κ3) is 24.5. The minimum atomic E-state index is -1.89. The van der Waals surface area contributed by atoms with E-state index in [-0.39, 0.29) is 37.4 Å². The molecule has 0 bridgehead atoms. The SMILES string of the molecule is CCNCC(CCNCCCCNCCNCCNCCNCCCCCC(=O)OCC)CCC(=O)NCCO[C@H]1O[C@H](CO[C@H]2O[C@H](CO)[C@@H](O)[C@H](O)[C@@H]2O)[C@@H](O)[C@H](O[C@H]2O[C@H](CO)[C@@H](O)[C@H](O)[C@@H]2O)[C@@H]1O. The Balaban J connectivity index is 1.31. The van der Waals surface area contributed by atoms with Crippen molar-refractivity contribution in [1.29, 1.82) is 0 Å². The van der Waals surface area contributed by atoms with E-state index >= 15 is 0 Å². The molecule has 0 aromatic heterocycles. The lowest BCUT2D eigenvalue weighted by Gasteiger charge is -2.46. The molecule has 26 heteroatoms. The molecule has 1 unspecified atom stereocenters. The average Bonchev–Trinajstić information content (AvgIpc) is 3.38. The van der Waals surface area contributed by atoms with Crippen LogP contribution < -0.4 is 37.2 Å². The van der Waals surface area contributed by atoms with Crippen LogP contribution in [0.4, 0.5) is 0 Å². The van der Waals surface area contributed by atoms with Gasteiger partial charge in [-0.3, -0.25) is 9.59 Å². The van der Waals surface area contributed by atoms with Gasteiger partial charge in [0.05, 0.1) is 33.0 Å². The van der Waals surface area contributed by atoms with Gasteiger partial charge in [-0.2, -0.15) is 0 Å². The number of nitrogens with one attached hydrogen (secondary N) is 7. The molecular weight excluding hydrogens is 967 g/mol. The summed E-state index contributed by atoms with van der Waals surface area (Å²) >= 11 is 0. The summed E-state index contributed by atoms with van der Waals surface area (Å²) in [4.78, 5) is 24.3. The van der Waals surface area contributed by atoms with Crippen molar-refractivity contribution in [1.82, 2.24) is 37.2 Å². The van der Waals surface area contributed by atoms with E-state index in [4.69, 9.17) is 33.2 Å². The Bertz CT molecular complexity index is 1420. The van der Waals surface area contributed by atoms with Crippen LogP contribution in [0.5, 0.6) is 0 Å². The fourth-order valence-corrected chi connectivity index (χ4v) is 8.44. The van der Waals surface area contributed by atoms with E-state index < -0.39 is 112 Å². The maximum absolute atomic E-state index is 12.9. The zero-order valence-electron chi connectivity index (χ0n) is 43.0. The number of ether oxygens (including phenoxy) is 7. The van der Waals surface area contributed by atoms with Gasteiger partial charge in [-0.15, -0.1) is 0 Å². The highest BCUT2D eigenvalue weighted by Crippen LogP contribution is 2.31. The van der Waals surface area contributed by atoms with Gasteiger partial charge >= 0.3 is 5.97 Å². The van der Waals surface area contributed by atoms with Crippen molar-refractivity contribution in [2.24, 2.45) is 5.92 Å². The van der Waals surface area contributed by atoms with Crippen molar-refractivity contribution in [3.05, 3.63) is 0 Å². The number of rotatable bonds is 41. The first-order chi connectivity index (χ1) is 35.3. The van der Waals surface area contributed by atoms with Gasteiger partial charge in [0, 0.05) is 58.7 Å². The van der Waals surface area contributed by atoms with Gasteiger partial charge < -0.3 is 121 Å². The van der Waals surface area contributed by atoms with Crippen LogP contribution in [0.2, 0.25) is 0 Å². The number of esters is 1. The quantitative estimate of drug-likeness (QED) is 0.0200. The molecule has 3 aliphatic heterocycles. The summed E-state index contributed by atoms with van der Waals surface area (Å²) < 4.78 is 38.7. The molecule has 0 saturated carbocycles. The normalized spacial score (nSPS) is 31.1. The number of aliphatic hydroxyl groups excluding tert-OH is 10. The van der Waals surface area contributed by atoms with Crippen molar-refractivity contribution < 1.29 is 93.8 Å². The van der Waals surface area contributed by atoms with Crippen LogP contribution in [-0.4, -0.2) is 273 Å². The predicted molar refractivity (Wildman–Crippen MR) is 263 cm³/mol. The zero-order chi connectivity index (χ0) is 53.4. The molecule has 26 nitrogen and oxygen atoms in total. The van der Waals surface area contributed by atoms with Crippen molar-refractivity contribution in [3.63, 3.8) is 0 Å². The number of aliphatic hydroxyl groups is 10. The molecule has 3 heterocycles. The number of hydrogen-bond donors (Lipinski definition) is 17. The summed E-state index contributed by atoms with van der Waals surface area (Å²) in [7, 11) is 0. The van der Waals surface area contributed by atoms with Crippen molar-refractivity contribution >= 4 is 11.9 Å². The maximum Gasteiger partial charge on any atom is 0.305 e. The van der Waals surface area contributed by atoms with Crippen molar-refractivity contribution in [2.45, 2.75) is 164 Å². The summed E-state index contributed by atoms with van der Waals surface area (Å²) in [5, 5.41) is 127. The van der Waals surface area contributed by atoms with Crippen LogP contribution >= 0.6 is 0 Å². The second-order valence-electron chi connectivity index (χ2n) is 18.6. The van der Waals surface area contributed by atoms with E-state index in [0.717, 1.165) is 117 Å². The molecule has 3 rings (SSSR count). The van der Waals surface area contributed by atoms with Crippen LogP contribution in [0.25, 0.3) is 0 Å². The van der Waals surface area contributed by atoms with E-state index in [2.05, 4.69) is 37.2 Å². The summed E-state index contributed by atoms with van der Waals surface area (Å²) in [6, 6.07) is 0. The third-order valence-electron chi connectivity index (χ3n) is 12.9. The van der Waals surface area contributed by atoms with Gasteiger partial charge in [0.25, 0.3) is 0 Å². The molecule has 3 aliphatic rings. The lowest BCUT2D eigenvalue weighted by Crippen LogP contribution is -2.65. The number of carbonyl (C=O) groups is 2. The first-order valence-electron chi connectivity index (χ1n) is 26.5. The van der Waals surface area contributed by atoms with E-state index in [1.54, 1.807) is 0 Å². The van der Waals surface area contributed by atoms with E-state index in [1.807, 2.05) is 13.8 Å². The molecule has 17 N–H and O–H groups in total. The number of amides is 1. The van der Waals surface area contributed by atoms with Crippen molar-refractivity contribution in [2.75, 3.05) is 118 Å². The number of carbonyl (C=O) groups excluding carboxylic acids is 2. The van der Waals surface area contributed by atoms with Gasteiger partial charge in [0.1, 0.15) is 73.2 Å². The number of hydrogen-bond acceptors (Lipinski definition) is 25.